The van der Waals surface area contributed by atoms with Crippen molar-refractivity contribution in [1.82, 2.24) is 4.57 Å². The molecule has 0 saturated carbocycles. The normalized spacial score (nSPS) is 11.3. The quantitative estimate of drug-likeness (QED) is 0.307. The van der Waals surface area contributed by atoms with Gasteiger partial charge in [-0.25, -0.2) is 0 Å². The molecule has 0 unspecified atom stereocenters. The summed E-state index contributed by atoms with van der Waals surface area (Å²) >= 11 is 3.39. The van der Waals surface area contributed by atoms with Crippen LogP contribution in [0.1, 0.15) is 11.1 Å². The minimum atomic E-state index is -4.50. The van der Waals surface area contributed by atoms with Gasteiger partial charge in [-0.1, -0.05) is 52.3 Å². The second-order valence-electron chi connectivity index (χ2n) is 6.65. The minimum Gasteiger partial charge on any atom is -0.309 e. The number of hydrogen-bond acceptors (Lipinski definition) is 1. The van der Waals surface area contributed by atoms with E-state index in [1.165, 1.54) is 12.1 Å². The van der Waals surface area contributed by atoms with Crippen molar-refractivity contribution in [3.05, 3.63) is 101 Å². The maximum Gasteiger partial charge on any atom is 0.418 e. The van der Waals surface area contributed by atoms with E-state index in [1.54, 1.807) is 41.0 Å². The SMILES string of the molecule is N#Cc1ccc(-c2ccc(-c3ccc(Br)cc3)n2-c2ccccc2C(F)(F)F)cc1. The van der Waals surface area contributed by atoms with E-state index in [0.717, 1.165) is 16.1 Å². The molecule has 6 heteroatoms. The van der Waals surface area contributed by atoms with Gasteiger partial charge in [0, 0.05) is 4.47 Å². The molecule has 148 valence electrons. The number of benzene rings is 3. The fourth-order valence-corrected chi connectivity index (χ4v) is 3.66. The predicted octanol–water partition coefficient (Wildman–Crippen LogP) is 7.46. The van der Waals surface area contributed by atoms with Gasteiger partial charge in [0.2, 0.25) is 0 Å². The van der Waals surface area contributed by atoms with E-state index in [4.69, 9.17) is 5.26 Å². The molecule has 4 aromatic rings. The van der Waals surface area contributed by atoms with Gasteiger partial charge in [0.15, 0.2) is 0 Å². The van der Waals surface area contributed by atoms with Gasteiger partial charge in [-0.2, -0.15) is 18.4 Å². The van der Waals surface area contributed by atoms with Crippen LogP contribution < -0.4 is 0 Å². The van der Waals surface area contributed by atoms with E-state index >= 15 is 0 Å². The first-order valence-corrected chi connectivity index (χ1v) is 9.82. The summed E-state index contributed by atoms with van der Waals surface area (Å²) < 4.78 is 43.9. The first-order chi connectivity index (χ1) is 14.4. The van der Waals surface area contributed by atoms with Gasteiger partial charge in [0.25, 0.3) is 0 Å². The molecule has 0 aliphatic heterocycles. The van der Waals surface area contributed by atoms with Crippen molar-refractivity contribution in [3.8, 4) is 34.3 Å². The van der Waals surface area contributed by atoms with Crippen molar-refractivity contribution in [3.63, 3.8) is 0 Å². The van der Waals surface area contributed by atoms with Gasteiger partial charge >= 0.3 is 6.18 Å². The average molecular weight is 467 g/mol. The highest BCUT2D eigenvalue weighted by Gasteiger charge is 2.34. The molecule has 3 aromatic carbocycles. The monoisotopic (exact) mass is 466 g/mol. The van der Waals surface area contributed by atoms with Crippen LogP contribution in [0.4, 0.5) is 13.2 Å². The highest BCUT2D eigenvalue weighted by atomic mass is 79.9. The van der Waals surface area contributed by atoms with Crippen LogP contribution in [0, 0.1) is 11.3 Å². The zero-order valence-corrected chi connectivity index (χ0v) is 17.1. The molecular weight excluding hydrogens is 453 g/mol. The van der Waals surface area contributed by atoms with Crippen LogP contribution >= 0.6 is 15.9 Å². The number of halogens is 4. The summed E-state index contributed by atoms with van der Waals surface area (Å²) in [5.41, 5.74) is 2.57. The Hall–Kier alpha value is -3.30. The minimum absolute atomic E-state index is 0.0484. The number of para-hydroxylation sites is 1. The van der Waals surface area contributed by atoms with Crippen LogP contribution in [-0.4, -0.2) is 4.57 Å². The molecule has 0 fully saturated rings. The number of aromatic nitrogens is 1. The maximum absolute atomic E-state index is 13.8. The average Bonchev–Trinajstić information content (AvgIpc) is 3.18. The summed E-state index contributed by atoms with van der Waals surface area (Å²) in [7, 11) is 0. The van der Waals surface area contributed by atoms with E-state index in [2.05, 4.69) is 22.0 Å². The summed E-state index contributed by atoms with van der Waals surface area (Å²) in [6, 6.07) is 25.4. The van der Waals surface area contributed by atoms with E-state index in [0.29, 0.717) is 22.5 Å². The largest absolute Gasteiger partial charge is 0.418 e. The Kier molecular flexibility index (Phi) is 5.23. The van der Waals surface area contributed by atoms with Gasteiger partial charge in [-0.15, -0.1) is 0 Å². The maximum atomic E-state index is 13.8. The molecule has 30 heavy (non-hydrogen) atoms. The standard InChI is InChI=1S/C24H14BrF3N2/c25-19-11-9-18(10-12-19)22-14-13-21(17-7-5-16(15-29)6-8-17)30(22)23-4-2-1-3-20(23)24(26,27)28/h1-14H. The lowest BCUT2D eigenvalue weighted by Gasteiger charge is -2.19. The first-order valence-electron chi connectivity index (χ1n) is 9.03. The van der Waals surface area contributed by atoms with Crippen LogP contribution in [0.25, 0.3) is 28.2 Å². The molecule has 0 atom stereocenters. The molecule has 0 N–H and O–H groups in total. The molecule has 0 bridgehead atoms. The van der Waals surface area contributed by atoms with E-state index in [9.17, 15) is 13.2 Å². The Balaban J connectivity index is 2.00. The van der Waals surface area contributed by atoms with Crippen molar-refractivity contribution >= 4 is 15.9 Å². The van der Waals surface area contributed by atoms with E-state index < -0.39 is 11.7 Å². The fraction of sp³-hybridized carbons (Fsp3) is 0.0417. The predicted molar refractivity (Wildman–Crippen MR) is 114 cm³/mol. The van der Waals surface area contributed by atoms with Crippen molar-refractivity contribution in [2.24, 2.45) is 0 Å². The van der Waals surface area contributed by atoms with Crippen LogP contribution in [0.5, 0.6) is 0 Å². The second kappa shape index (κ2) is 7.85. The molecule has 0 spiro atoms. The fourth-order valence-electron chi connectivity index (χ4n) is 3.39. The van der Waals surface area contributed by atoms with Crippen molar-refractivity contribution < 1.29 is 13.2 Å². The van der Waals surface area contributed by atoms with Crippen molar-refractivity contribution in [1.29, 1.82) is 5.26 Å². The molecule has 0 aliphatic rings. The molecule has 1 aromatic heterocycles. The lowest BCUT2D eigenvalue weighted by Crippen LogP contribution is -2.12. The van der Waals surface area contributed by atoms with Crippen LogP contribution in [-0.2, 0) is 6.18 Å². The van der Waals surface area contributed by atoms with Crippen LogP contribution in [0.3, 0.4) is 0 Å². The third kappa shape index (κ3) is 3.77. The number of rotatable bonds is 3. The van der Waals surface area contributed by atoms with Gasteiger partial charge in [-0.05, 0) is 59.7 Å². The summed E-state index contributed by atoms with van der Waals surface area (Å²) in [6.07, 6.45) is -4.50. The Bertz CT molecular complexity index is 1230. The Morgan fingerprint density at radius 2 is 1.27 bits per heavy atom. The van der Waals surface area contributed by atoms with Crippen molar-refractivity contribution in [2.45, 2.75) is 6.18 Å². The zero-order chi connectivity index (χ0) is 21.3. The summed E-state index contributed by atoms with van der Waals surface area (Å²) in [4.78, 5) is 0. The topological polar surface area (TPSA) is 28.7 Å². The molecule has 0 aliphatic carbocycles. The molecule has 0 radical (unpaired) electrons. The Labute approximate surface area is 180 Å². The third-order valence-corrected chi connectivity index (χ3v) is 5.31. The Morgan fingerprint density at radius 1 is 0.733 bits per heavy atom. The molecular formula is C24H14BrF3N2. The van der Waals surface area contributed by atoms with Gasteiger partial charge < -0.3 is 4.57 Å². The van der Waals surface area contributed by atoms with Gasteiger partial charge in [0.1, 0.15) is 0 Å². The smallest absolute Gasteiger partial charge is 0.309 e. The Morgan fingerprint density at radius 3 is 1.80 bits per heavy atom. The first kappa shape index (κ1) is 20.0. The van der Waals surface area contributed by atoms with E-state index in [1.807, 2.05) is 30.3 Å². The van der Waals surface area contributed by atoms with Gasteiger partial charge in [-0.3, -0.25) is 0 Å². The lowest BCUT2D eigenvalue weighted by atomic mass is 10.1. The number of nitriles is 1. The number of hydrogen-bond donors (Lipinski definition) is 0. The molecule has 1 heterocycles. The summed E-state index contributed by atoms with van der Waals surface area (Å²) in [5, 5.41) is 9.05. The van der Waals surface area contributed by atoms with Gasteiger partial charge in [0.05, 0.1) is 34.3 Å². The second-order valence-corrected chi connectivity index (χ2v) is 7.57. The zero-order valence-electron chi connectivity index (χ0n) is 15.5. The third-order valence-electron chi connectivity index (χ3n) is 4.78. The molecule has 0 saturated heterocycles. The number of alkyl halides is 3. The summed E-state index contributed by atoms with van der Waals surface area (Å²) in [5.74, 6) is 0. The van der Waals surface area contributed by atoms with Crippen molar-refractivity contribution in [2.75, 3.05) is 0 Å². The van der Waals surface area contributed by atoms with Crippen LogP contribution in [0.2, 0.25) is 0 Å². The highest BCUT2D eigenvalue weighted by molar-refractivity contribution is 9.10. The molecule has 2 nitrogen and oxygen atoms in total. The molecule has 4 rings (SSSR count). The molecule has 0 amide bonds. The highest BCUT2D eigenvalue weighted by Crippen LogP contribution is 2.39. The number of nitrogens with zero attached hydrogens (tertiary/aromatic N) is 2. The summed E-state index contributed by atoms with van der Waals surface area (Å²) in [6.45, 7) is 0. The van der Waals surface area contributed by atoms with E-state index in [-0.39, 0.29) is 5.69 Å². The lowest BCUT2D eigenvalue weighted by molar-refractivity contribution is -0.137. The van der Waals surface area contributed by atoms with Crippen LogP contribution in [0.15, 0.2) is 89.4 Å².